The van der Waals surface area contributed by atoms with Crippen molar-refractivity contribution in [2.45, 2.75) is 71.5 Å². The molecule has 0 bridgehead atoms. The van der Waals surface area contributed by atoms with Gasteiger partial charge in [-0.3, -0.25) is 0 Å². The molecule has 1 fully saturated rings. The molecule has 1 saturated carbocycles. The zero-order valence-corrected chi connectivity index (χ0v) is 13.8. The Bertz CT molecular complexity index is 439. The van der Waals surface area contributed by atoms with Crippen LogP contribution in [0.1, 0.15) is 57.6 Å². The fraction of sp³-hybridized carbons (Fsp3) is 0.667. The van der Waals surface area contributed by atoms with Gasteiger partial charge in [0.25, 0.3) is 0 Å². The first-order chi connectivity index (χ1) is 9.37. The Morgan fingerprint density at radius 2 is 1.85 bits per heavy atom. The third-order valence-electron chi connectivity index (χ3n) is 4.30. The molecule has 1 aliphatic rings. The predicted octanol–water partition coefficient (Wildman–Crippen LogP) is 4.26. The minimum Gasteiger partial charge on any atom is -0.371 e. The van der Waals surface area contributed by atoms with Crippen molar-refractivity contribution in [1.82, 2.24) is 5.32 Å². The van der Waals surface area contributed by atoms with Gasteiger partial charge in [-0.05, 0) is 52.2 Å². The van der Waals surface area contributed by atoms with Crippen LogP contribution in [0.4, 0.5) is 5.69 Å². The van der Waals surface area contributed by atoms with Crippen molar-refractivity contribution in [3.05, 3.63) is 29.3 Å². The molecule has 20 heavy (non-hydrogen) atoms. The van der Waals surface area contributed by atoms with Crippen LogP contribution in [0.15, 0.2) is 18.2 Å². The number of hydrogen-bond acceptors (Lipinski definition) is 2. The molecule has 2 rings (SSSR count). The van der Waals surface area contributed by atoms with Crippen LogP contribution in [0, 0.1) is 6.92 Å². The van der Waals surface area contributed by atoms with Crippen molar-refractivity contribution in [3.8, 4) is 0 Å². The molecule has 1 aromatic rings. The van der Waals surface area contributed by atoms with Crippen LogP contribution >= 0.6 is 0 Å². The average Bonchev–Trinajstić information content (AvgIpc) is 2.88. The molecule has 1 N–H and O–H groups in total. The summed E-state index contributed by atoms with van der Waals surface area (Å²) in [4.78, 5) is 2.51. The fourth-order valence-electron chi connectivity index (χ4n) is 3.05. The number of nitrogens with zero attached hydrogens (tertiary/aromatic N) is 1. The fourth-order valence-corrected chi connectivity index (χ4v) is 3.05. The summed E-state index contributed by atoms with van der Waals surface area (Å²) in [6, 6.07) is 7.60. The topological polar surface area (TPSA) is 15.3 Å². The lowest BCUT2D eigenvalue weighted by molar-refractivity contribution is 0.424. The Morgan fingerprint density at radius 1 is 1.20 bits per heavy atom. The second-order valence-corrected chi connectivity index (χ2v) is 7.28. The standard InChI is InChI=1S/C18H30N2/c1-14-10-11-17(20(5)16-8-6-7-9-16)15(12-14)13-19-18(2,3)4/h10-12,16,19H,6-9,13H2,1-5H3. The molecule has 0 unspecified atom stereocenters. The highest BCUT2D eigenvalue weighted by Gasteiger charge is 2.21. The van der Waals surface area contributed by atoms with E-state index < -0.39 is 0 Å². The first kappa shape index (κ1) is 15.4. The predicted molar refractivity (Wildman–Crippen MR) is 88.4 cm³/mol. The van der Waals surface area contributed by atoms with E-state index in [1.165, 1.54) is 42.5 Å². The lowest BCUT2D eigenvalue weighted by atomic mass is 10.0. The molecule has 0 spiro atoms. The number of nitrogens with one attached hydrogen (secondary N) is 1. The van der Waals surface area contributed by atoms with E-state index >= 15 is 0 Å². The molecule has 0 heterocycles. The molecular formula is C18H30N2. The maximum absolute atomic E-state index is 3.62. The molecule has 2 nitrogen and oxygen atoms in total. The van der Waals surface area contributed by atoms with E-state index in [1.807, 2.05) is 0 Å². The van der Waals surface area contributed by atoms with Gasteiger partial charge in [-0.25, -0.2) is 0 Å². The van der Waals surface area contributed by atoms with Crippen LogP contribution in [0.3, 0.4) is 0 Å². The van der Waals surface area contributed by atoms with Gasteiger partial charge < -0.3 is 10.2 Å². The van der Waals surface area contributed by atoms with E-state index in [4.69, 9.17) is 0 Å². The van der Waals surface area contributed by atoms with Crippen LogP contribution in [0.25, 0.3) is 0 Å². The second kappa shape index (κ2) is 6.17. The van der Waals surface area contributed by atoms with Crippen LogP contribution < -0.4 is 10.2 Å². The Morgan fingerprint density at radius 3 is 2.45 bits per heavy atom. The molecular weight excluding hydrogens is 244 g/mol. The Labute approximate surface area is 124 Å². The number of hydrogen-bond donors (Lipinski definition) is 1. The average molecular weight is 274 g/mol. The highest BCUT2D eigenvalue weighted by Crippen LogP contribution is 2.30. The largest absolute Gasteiger partial charge is 0.371 e. The summed E-state index contributed by atoms with van der Waals surface area (Å²) in [6.07, 6.45) is 5.46. The van der Waals surface area contributed by atoms with E-state index in [0.717, 1.165) is 12.6 Å². The van der Waals surface area contributed by atoms with Crippen molar-refractivity contribution >= 4 is 5.69 Å². The molecule has 0 amide bonds. The molecule has 0 atom stereocenters. The normalized spacial score (nSPS) is 16.6. The molecule has 1 aromatic carbocycles. The molecule has 1 aliphatic carbocycles. The van der Waals surface area contributed by atoms with Gasteiger partial charge in [0, 0.05) is 30.9 Å². The van der Waals surface area contributed by atoms with E-state index in [1.54, 1.807) is 0 Å². The number of rotatable bonds is 4. The lowest BCUT2D eigenvalue weighted by Gasteiger charge is -2.30. The van der Waals surface area contributed by atoms with Gasteiger partial charge in [0.1, 0.15) is 0 Å². The van der Waals surface area contributed by atoms with Gasteiger partial charge in [-0.2, -0.15) is 0 Å². The molecule has 0 aromatic heterocycles. The van der Waals surface area contributed by atoms with Crippen molar-refractivity contribution in [2.75, 3.05) is 11.9 Å². The van der Waals surface area contributed by atoms with Gasteiger partial charge in [0.15, 0.2) is 0 Å². The summed E-state index contributed by atoms with van der Waals surface area (Å²) in [5.41, 5.74) is 4.33. The summed E-state index contributed by atoms with van der Waals surface area (Å²) < 4.78 is 0. The summed E-state index contributed by atoms with van der Waals surface area (Å²) >= 11 is 0. The van der Waals surface area contributed by atoms with Gasteiger partial charge in [0.05, 0.1) is 0 Å². The van der Waals surface area contributed by atoms with Crippen LogP contribution in [0.2, 0.25) is 0 Å². The Hall–Kier alpha value is -1.02. The highest BCUT2D eigenvalue weighted by atomic mass is 15.1. The minimum atomic E-state index is 0.160. The quantitative estimate of drug-likeness (QED) is 0.882. The minimum absolute atomic E-state index is 0.160. The highest BCUT2D eigenvalue weighted by molar-refractivity contribution is 5.55. The van der Waals surface area contributed by atoms with Crippen LogP contribution in [-0.2, 0) is 6.54 Å². The molecule has 2 heteroatoms. The Kier molecular flexibility index (Phi) is 4.74. The third kappa shape index (κ3) is 3.99. The zero-order valence-electron chi connectivity index (χ0n) is 13.8. The number of anilines is 1. The van der Waals surface area contributed by atoms with E-state index in [2.05, 4.69) is 63.2 Å². The second-order valence-electron chi connectivity index (χ2n) is 7.28. The third-order valence-corrected chi connectivity index (χ3v) is 4.30. The van der Waals surface area contributed by atoms with Gasteiger partial charge in [-0.1, -0.05) is 30.5 Å². The van der Waals surface area contributed by atoms with Gasteiger partial charge in [0.2, 0.25) is 0 Å². The van der Waals surface area contributed by atoms with E-state index in [9.17, 15) is 0 Å². The monoisotopic (exact) mass is 274 g/mol. The SMILES string of the molecule is Cc1ccc(N(C)C2CCCC2)c(CNC(C)(C)C)c1. The van der Waals surface area contributed by atoms with E-state index in [-0.39, 0.29) is 5.54 Å². The summed E-state index contributed by atoms with van der Waals surface area (Å²) in [5, 5.41) is 3.62. The number of benzene rings is 1. The molecule has 112 valence electrons. The van der Waals surface area contributed by atoms with Crippen molar-refractivity contribution in [2.24, 2.45) is 0 Å². The van der Waals surface area contributed by atoms with Gasteiger partial charge in [-0.15, -0.1) is 0 Å². The van der Waals surface area contributed by atoms with Crippen molar-refractivity contribution < 1.29 is 0 Å². The molecule has 0 saturated heterocycles. The van der Waals surface area contributed by atoms with Crippen LogP contribution in [-0.4, -0.2) is 18.6 Å². The number of aryl methyl sites for hydroxylation is 1. The summed E-state index contributed by atoms with van der Waals surface area (Å²) in [7, 11) is 2.27. The van der Waals surface area contributed by atoms with Crippen molar-refractivity contribution in [3.63, 3.8) is 0 Å². The zero-order chi connectivity index (χ0) is 14.8. The maximum atomic E-state index is 3.62. The Balaban J connectivity index is 2.18. The summed E-state index contributed by atoms with van der Waals surface area (Å²) in [5.74, 6) is 0. The van der Waals surface area contributed by atoms with Gasteiger partial charge >= 0.3 is 0 Å². The molecule has 0 radical (unpaired) electrons. The molecule has 0 aliphatic heterocycles. The van der Waals surface area contributed by atoms with E-state index in [0.29, 0.717) is 0 Å². The first-order valence-electron chi connectivity index (χ1n) is 7.94. The van der Waals surface area contributed by atoms with Crippen LogP contribution in [0.5, 0.6) is 0 Å². The maximum Gasteiger partial charge on any atom is 0.0411 e. The lowest BCUT2D eigenvalue weighted by Crippen LogP contribution is -2.36. The first-order valence-corrected chi connectivity index (χ1v) is 7.94. The van der Waals surface area contributed by atoms with Crippen molar-refractivity contribution in [1.29, 1.82) is 0 Å². The smallest absolute Gasteiger partial charge is 0.0411 e. The summed E-state index contributed by atoms with van der Waals surface area (Å²) in [6.45, 7) is 9.80.